The molecule has 1 amide bonds. The van der Waals surface area contributed by atoms with E-state index < -0.39 is 0 Å². The van der Waals surface area contributed by atoms with Crippen molar-refractivity contribution in [1.29, 1.82) is 0 Å². The fraction of sp³-hybridized carbons (Fsp3) is 0.562. The Balaban J connectivity index is 1.74. The van der Waals surface area contributed by atoms with Crippen LogP contribution in [0.4, 0.5) is 5.69 Å². The van der Waals surface area contributed by atoms with Crippen LogP contribution in [0.3, 0.4) is 0 Å². The Morgan fingerprint density at radius 2 is 2.29 bits per heavy atom. The number of hydrogen-bond donors (Lipinski definition) is 2. The van der Waals surface area contributed by atoms with Crippen LogP contribution in [-0.2, 0) is 17.8 Å². The van der Waals surface area contributed by atoms with E-state index in [0.29, 0.717) is 0 Å². The van der Waals surface area contributed by atoms with E-state index in [9.17, 15) is 4.79 Å². The van der Waals surface area contributed by atoms with Crippen molar-refractivity contribution < 1.29 is 4.79 Å². The molecule has 2 aliphatic rings. The largest absolute Gasteiger partial charge is 0.374 e. The van der Waals surface area contributed by atoms with E-state index in [0.717, 1.165) is 39.1 Å². The molecule has 1 aromatic carbocycles. The van der Waals surface area contributed by atoms with Crippen LogP contribution in [-0.4, -0.2) is 57.1 Å². The molecule has 0 aliphatic carbocycles. The molecule has 2 N–H and O–H groups in total. The molecule has 1 atom stereocenters. The van der Waals surface area contributed by atoms with E-state index in [1.54, 1.807) is 7.05 Å². The SMILES string of the molecule is CNC(=O)C1CNCCN1Cc1ccc2c(c1)CCN2C. The summed E-state index contributed by atoms with van der Waals surface area (Å²) in [6.45, 7) is 4.54. The quantitative estimate of drug-likeness (QED) is 0.834. The second-order valence-corrected chi connectivity index (χ2v) is 5.94. The number of hydrogen-bond acceptors (Lipinski definition) is 4. The number of nitrogens with one attached hydrogen (secondary N) is 2. The van der Waals surface area contributed by atoms with Gasteiger partial charge in [0.25, 0.3) is 0 Å². The lowest BCUT2D eigenvalue weighted by atomic mass is 10.1. The van der Waals surface area contributed by atoms with Crippen molar-refractivity contribution in [1.82, 2.24) is 15.5 Å². The summed E-state index contributed by atoms with van der Waals surface area (Å²) in [4.78, 5) is 16.6. The highest BCUT2D eigenvalue weighted by molar-refractivity contribution is 5.81. The van der Waals surface area contributed by atoms with Crippen molar-refractivity contribution in [2.75, 3.05) is 45.2 Å². The summed E-state index contributed by atoms with van der Waals surface area (Å²) >= 11 is 0. The first kappa shape index (κ1) is 14.4. The molecule has 114 valence electrons. The highest BCUT2D eigenvalue weighted by Gasteiger charge is 2.28. The van der Waals surface area contributed by atoms with Gasteiger partial charge in [-0.3, -0.25) is 9.69 Å². The van der Waals surface area contributed by atoms with Crippen LogP contribution in [0.15, 0.2) is 18.2 Å². The van der Waals surface area contributed by atoms with Crippen LogP contribution in [0.2, 0.25) is 0 Å². The zero-order valence-corrected chi connectivity index (χ0v) is 12.9. The Morgan fingerprint density at radius 3 is 3.10 bits per heavy atom. The van der Waals surface area contributed by atoms with Crippen LogP contribution in [0, 0.1) is 0 Å². The molecule has 0 bridgehead atoms. The minimum Gasteiger partial charge on any atom is -0.374 e. The standard InChI is InChI=1S/C16H24N4O/c1-17-16(21)15-10-18-6-8-20(15)11-12-3-4-14-13(9-12)5-7-19(14)2/h3-4,9,15,18H,5-8,10-11H2,1-2H3,(H,17,21). The van der Waals surface area contributed by atoms with Crippen molar-refractivity contribution in [3.8, 4) is 0 Å². The summed E-state index contributed by atoms with van der Waals surface area (Å²) in [7, 11) is 3.85. The molecule has 1 saturated heterocycles. The first-order valence-electron chi connectivity index (χ1n) is 7.68. The summed E-state index contributed by atoms with van der Waals surface area (Å²) in [5.41, 5.74) is 4.09. The third-order valence-corrected chi connectivity index (χ3v) is 4.56. The number of nitrogens with zero attached hydrogens (tertiary/aromatic N) is 2. The van der Waals surface area contributed by atoms with Gasteiger partial charge in [-0.15, -0.1) is 0 Å². The first-order valence-corrected chi connectivity index (χ1v) is 7.68. The van der Waals surface area contributed by atoms with Gasteiger partial charge in [0.2, 0.25) is 5.91 Å². The normalized spacial score (nSPS) is 22.2. The molecule has 2 heterocycles. The smallest absolute Gasteiger partial charge is 0.238 e. The van der Waals surface area contributed by atoms with Gasteiger partial charge in [-0.1, -0.05) is 12.1 Å². The molecule has 0 saturated carbocycles. The molecule has 1 unspecified atom stereocenters. The topological polar surface area (TPSA) is 47.6 Å². The molecular formula is C16H24N4O. The summed E-state index contributed by atoms with van der Waals surface area (Å²) in [5.74, 6) is 0.100. The Morgan fingerprint density at radius 1 is 1.43 bits per heavy atom. The van der Waals surface area contributed by atoms with Crippen molar-refractivity contribution in [3.63, 3.8) is 0 Å². The molecule has 0 aromatic heterocycles. The van der Waals surface area contributed by atoms with Crippen LogP contribution in [0.25, 0.3) is 0 Å². The lowest BCUT2D eigenvalue weighted by molar-refractivity contribution is -0.126. The molecular weight excluding hydrogens is 264 g/mol. The first-order chi connectivity index (χ1) is 10.2. The van der Waals surface area contributed by atoms with E-state index in [4.69, 9.17) is 0 Å². The van der Waals surface area contributed by atoms with Gasteiger partial charge < -0.3 is 15.5 Å². The van der Waals surface area contributed by atoms with Crippen molar-refractivity contribution in [3.05, 3.63) is 29.3 Å². The second-order valence-electron chi connectivity index (χ2n) is 5.94. The minimum atomic E-state index is -0.0697. The van der Waals surface area contributed by atoms with Gasteiger partial charge in [-0.05, 0) is 23.6 Å². The number of amides is 1. The van der Waals surface area contributed by atoms with Gasteiger partial charge in [0.1, 0.15) is 6.04 Å². The number of rotatable bonds is 3. The summed E-state index contributed by atoms with van der Waals surface area (Å²) in [5, 5.41) is 6.07. The van der Waals surface area contributed by atoms with E-state index >= 15 is 0 Å². The number of carbonyl (C=O) groups is 1. The van der Waals surface area contributed by atoms with Gasteiger partial charge >= 0.3 is 0 Å². The van der Waals surface area contributed by atoms with E-state index in [1.807, 2.05) is 0 Å². The molecule has 2 aliphatic heterocycles. The molecule has 21 heavy (non-hydrogen) atoms. The van der Waals surface area contributed by atoms with Crippen LogP contribution >= 0.6 is 0 Å². The van der Waals surface area contributed by atoms with E-state index in [2.05, 4.69) is 45.7 Å². The number of likely N-dealkylation sites (N-methyl/N-ethyl adjacent to an activating group) is 2. The Labute approximate surface area is 126 Å². The molecule has 3 rings (SSSR count). The van der Waals surface area contributed by atoms with Crippen LogP contribution < -0.4 is 15.5 Å². The number of piperazine rings is 1. The predicted molar refractivity (Wildman–Crippen MR) is 84.6 cm³/mol. The second kappa shape index (κ2) is 6.03. The molecule has 1 aromatic rings. The third-order valence-electron chi connectivity index (χ3n) is 4.56. The number of benzene rings is 1. The minimum absolute atomic E-state index is 0.0697. The lowest BCUT2D eigenvalue weighted by Gasteiger charge is -2.35. The van der Waals surface area contributed by atoms with Gasteiger partial charge in [0, 0.05) is 52.5 Å². The van der Waals surface area contributed by atoms with E-state index in [-0.39, 0.29) is 11.9 Å². The van der Waals surface area contributed by atoms with Gasteiger partial charge in [0.05, 0.1) is 0 Å². The maximum Gasteiger partial charge on any atom is 0.238 e. The summed E-state index contributed by atoms with van der Waals surface area (Å²) in [6.07, 6.45) is 1.13. The average molecular weight is 288 g/mol. The molecule has 0 spiro atoms. The fourth-order valence-electron chi connectivity index (χ4n) is 3.31. The number of fused-ring (bicyclic) bond motifs is 1. The molecule has 5 nitrogen and oxygen atoms in total. The Kier molecular flexibility index (Phi) is 4.12. The van der Waals surface area contributed by atoms with Gasteiger partial charge in [0.15, 0.2) is 0 Å². The monoisotopic (exact) mass is 288 g/mol. The zero-order chi connectivity index (χ0) is 14.8. The molecule has 5 heteroatoms. The van der Waals surface area contributed by atoms with Gasteiger partial charge in [-0.25, -0.2) is 0 Å². The maximum atomic E-state index is 12.0. The zero-order valence-electron chi connectivity index (χ0n) is 12.9. The number of carbonyl (C=O) groups excluding carboxylic acids is 1. The fourth-order valence-corrected chi connectivity index (χ4v) is 3.31. The van der Waals surface area contributed by atoms with Crippen molar-refractivity contribution in [2.45, 2.75) is 19.0 Å². The summed E-state index contributed by atoms with van der Waals surface area (Å²) < 4.78 is 0. The Bertz CT molecular complexity index is 531. The highest BCUT2D eigenvalue weighted by Crippen LogP contribution is 2.28. The Hall–Kier alpha value is -1.59. The highest BCUT2D eigenvalue weighted by atomic mass is 16.2. The van der Waals surface area contributed by atoms with Crippen LogP contribution in [0.1, 0.15) is 11.1 Å². The average Bonchev–Trinajstić information content (AvgIpc) is 2.88. The van der Waals surface area contributed by atoms with E-state index in [1.165, 1.54) is 16.8 Å². The van der Waals surface area contributed by atoms with Crippen molar-refractivity contribution in [2.24, 2.45) is 0 Å². The molecule has 1 fully saturated rings. The van der Waals surface area contributed by atoms with Crippen molar-refractivity contribution >= 4 is 11.6 Å². The predicted octanol–water partition coefficient (Wildman–Crippen LogP) is 0.199. The summed E-state index contributed by atoms with van der Waals surface area (Å²) in [6, 6.07) is 6.65. The van der Waals surface area contributed by atoms with Gasteiger partial charge in [-0.2, -0.15) is 0 Å². The molecule has 0 radical (unpaired) electrons. The lowest BCUT2D eigenvalue weighted by Crippen LogP contribution is -2.56. The third kappa shape index (κ3) is 2.89. The number of anilines is 1. The maximum absolute atomic E-state index is 12.0. The van der Waals surface area contributed by atoms with Crippen LogP contribution in [0.5, 0.6) is 0 Å².